The molecule has 1 atom stereocenters. The molecule has 6 heteroatoms. The molecule has 28 heavy (non-hydrogen) atoms. The molecule has 1 aliphatic heterocycles. The van der Waals surface area contributed by atoms with Gasteiger partial charge in [0.05, 0.1) is 13.2 Å². The molecule has 2 N–H and O–H groups in total. The number of amides is 1. The number of benzene rings is 2. The van der Waals surface area contributed by atoms with Gasteiger partial charge in [0.15, 0.2) is 0 Å². The molecule has 1 aromatic heterocycles. The zero-order valence-electron chi connectivity index (χ0n) is 15.7. The van der Waals surface area contributed by atoms with E-state index >= 15 is 0 Å². The lowest BCUT2D eigenvalue weighted by atomic mass is 10.00. The van der Waals surface area contributed by atoms with Crippen LogP contribution in [-0.4, -0.2) is 56.1 Å². The topological polar surface area (TPSA) is 78.6 Å². The normalized spacial score (nSPS) is 19.2. The first-order valence-corrected chi connectivity index (χ1v) is 9.31. The zero-order chi connectivity index (χ0) is 19.7. The van der Waals surface area contributed by atoms with Crippen LogP contribution in [0.25, 0.3) is 22.4 Å². The van der Waals surface area contributed by atoms with E-state index in [4.69, 9.17) is 0 Å². The molecule has 0 aliphatic carbocycles. The van der Waals surface area contributed by atoms with Crippen LogP contribution in [0.1, 0.15) is 16.8 Å². The summed E-state index contributed by atoms with van der Waals surface area (Å²) in [6.45, 7) is 0.240. The van der Waals surface area contributed by atoms with Crippen LogP contribution in [0.3, 0.4) is 0 Å². The molecule has 1 aliphatic rings. The maximum absolute atomic E-state index is 12.9. The van der Waals surface area contributed by atoms with Gasteiger partial charge in [-0.05, 0) is 24.1 Å². The molecule has 2 aromatic carbocycles. The number of nitrogens with zero attached hydrogens (tertiary/aromatic N) is 3. The fourth-order valence-corrected chi connectivity index (χ4v) is 3.67. The van der Waals surface area contributed by atoms with E-state index in [1.165, 1.54) is 0 Å². The van der Waals surface area contributed by atoms with Crippen LogP contribution in [0, 0.1) is 0 Å². The van der Waals surface area contributed by atoms with Crippen molar-refractivity contribution < 1.29 is 15.0 Å². The summed E-state index contributed by atoms with van der Waals surface area (Å²) in [6, 6.07) is 17.4. The second-order valence-electron chi connectivity index (χ2n) is 7.37. The molecule has 1 amide bonds. The van der Waals surface area contributed by atoms with Gasteiger partial charge in [-0.25, -0.2) is 0 Å². The molecule has 0 radical (unpaired) electrons. The van der Waals surface area contributed by atoms with Crippen molar-refractivity contribution in [1.29, 1.82) is 0 Å². The zero-order valence-corrected chi connectivity index (χ0v) is 15.7. The molecule has 1 fully saturated rings. The molecule has 4 rings (SSSR count). The van der Waals surface area contributed by atoms with E-state index in [1.54, 1.807) is 15.6 Å². The van der Waals surface area contributed by atoms with Gasteiger partial charge < -0.3 is 15.1 Å². The first-order chi connectivity index (χ1) is 13.5. The van der Waals surface area contributed by atoms with Crippen LogP contribution in [0.15, 0.2) is 60.8 Å². The third kappa shape index (κ3) is 3.44. The summed E-state index contributed by atoms with van der Waals surface area (Å²) in [5.74, 6) is -0.142. The summed E-state index contributed by atoms with van der Waals surface area (Å²) in [4.78, 5) is 14.5. The molecule has 0 bridgehead atoms. The Morgan fingerprint density at radius 3 is 2.61 bits per heavy atom. The average molecular weight is 377 g/mol. The summed E-state index contributed by atoms with van der Waals surface area (Å²) in [6.07, 6.45) is 2.34. The van der Waals surface area contributed by atoms with Crippen LogP contribution < -0.4 is 0 Å². The van der Waals surface area contributed by atoms with Crippen LogP contribution in [0.2, 0.25) is 0 Å². The monoisotopic (exact) mass is 377 g/mol. The highest BCUT2D eigenvalue weighted by Crippen LogP contribution is 2.32. The van der Waals surface area contributed by atoms with Gasteiger partial charge in [-0.3, -0.25) is 9.48 Å². The Labute approximate surface area is 163 Å². The van der Waals surface area contributed by atoms with E-state index in [9.17, 15) is 15.0 Å². The molecule has 3 aromatic rings. The van der Waals surface area contributed by atoms with Gasteiger partial charge in [0.25, 0.3) is 5.91 Å². The van der Waals surface area contributed by atoms with Gasteiger partial charge in [0.2, 0.25) is 0 Å². The van der Waals surface area contributed by atoms with E-state index < -0.39 is 5.60 Å². The second kappa shape index (κ2) is 7.22. The van der Waals surface area contributed by atoms with Crippen LogP contribution >= 0.6 is 0 Å². The molecule has 6 nitrogen and oxygen atoms in total. The van der Waals surface area contributed by atoms with Crippen molar-refractivity contribution >= 4 is 5.91 Å². The number of aromatic nitrogens is 2. The summed E-state index contributed by atoms with van der Waals surface area (Å²) >= 11 is 0. The number of hydrogen-bond donors (Lipinski definition) is 2. The molecule has 144 valence electrons. The summed E-state index contributed by atoms with van der Waals surface area (Å²) in [7, 11) is 1.88. The van der Waals surface area contributed by atoms with Gasteiger partial charge in [0, 0.05) is 36.5 Å². The maximum Gasteiger partial charge on any atom is 0.253 e. The van der Waals surface area contributed by atoms with Crippen molar-refractivity contribution in [3.8, 4) is 22.4 Å². The van der Waals surface area contributed by atoms with Crippen molar-refractivity contribution in [3.63, 3.8) is 0 Å². The minimum Gasteiger partial charge on any atom is -0.393 e. The predicted molar refractivity (Wildman–Crippen MR) is 107 cm³/mol. The van der Waals surface area contributed by atoms with Gasteiger partial charge in [-0.2, -0.15) is 5.10 Å². The van der Waals surface area contributed by atoms with Crippen LogP contribution in [-0.2, 0) is 7.05 Å². The van der Waals surface area contributed by atoms with E-state index in [0.29, 0.717) is 18.5 Å². The summed E-state index contributed by atoms with van der Waals surface area (Å²) in [5, 5.41) is 24.1. The Kier molecular flexibility index (Phi) is 4.75. The Hall–Kier alpha value is -2.96. The number of carbonyl (C=O) groups is 1. The number of likely N-dealkylation sites (tertiary alicyclic amines) is 1. The molecule has 2 heterocycles. The molecule has 0 saturated carbocycles. The molecule has 1 saturated heterocycles. The number of carbonyl (C=O) groups excluding carboxylic acids is 1. The number of β-amino-alcohol motifs (C(OH)–C–C–N with tert-alkyl or cyclic N) is 1. The number of aryl methyl sites for hydroxylation is 1. The molecular formula is C22H23N3O3. The lowest BCUT2D eigenvalue weighted by Crippen LogP contribution is -2.38. The second-order valence-corrected chi connectivity index (χ2v) is 7.37. The first-order valence-electron chi connectivity index (χ1n) is 9.31. The van der Waals surface area contributed by atoms with Gasteiger partial charge in [-0.15, -0.1) is 0 Å². The third-order valence-corrected chi connectivity index (χ3v) is 5.21. The number of hydrogen-bond acceptors (Lipinski definition) is 4. The van der Waals surface area contributed by atoms with Crippen molar-refractivity contribution in [2.24, 2.45) is 7.05 Å². The Morgan fingerprint density at radius 1 is 1.14 bits per heavy atom. The maximum atomic E-state index is 12.9. The molecule has 0 spiro atoms. The quantitative estimate of drug-likeness (QED) is 0.731. The van der Waals surface area contributed by atoms with Crippen molar-refractivity contribution in [2.45, 2.75) is 12.0 Å². The number of aliphatic hydroxyl groups excluding tert-OH is 1. The van der Waals surface area contributed by atoms with E-state index in [0.717, 1.165) is 22.4 Å². The van der Waals surface area contributed by atoms with Gasteiger partial charge >= 0.3 is 0 Å². The smallest absolute Gasteiger partial charge is 0.253 e. The highest BCUT2D eigenvalue weighted by molar-refractivity contribution is 5.96. The highest BCUT2D eigenvalue weighted by atomic mass is 16.3. The minimum absolute atomic E-state index is 0.142. The highest BCUT2D eigenvalue weighted by Gasteiger charge is 2.37. The van der Waals surface area contributed by atoms with E-state index in [1.807, 2.05) is 61.8 Å². The standard InChI is InChI=1S/C22H23N3O3/c1-24-13-19(20(23-24)16-6-3-2-4-7-16)17-8-5-9-18(12-17)21(27)25-11-10-22(28,14-25)15-26/h2-9,12-13,26,28H,10-11,14-15H2,1H3/t22-/m1/s1. The lowest BCUT2D eigenvalue weighted by molar-refractivity contribution is -0.00455. The van der Waals surface area contributed by atoms with Crippen LogP contribution in [0.4, 0.5) is 0 Å². The van der Waals surface area contributed by atoms with Gasteiger partial charge in [-0.1, -0.05) is 42.5 Å². The average Bonchev–Trinajstić information content (AvgIpc) is 3.32. The van der Waals surface area contributed by atoms with Crippen LogP contribution in [0.5, 0.6) is 0 Å². The third-order valence-electron chi connectivity index (χ3n) is 5.21. The Balaban J connectivity index is 1.66. The van der Waals surface area contributed by atoms with E-state index in [-0.39, 0.29) is 19.1 Å². The first kappa shape index (κ1) is 18.4. The number of aliphatic hydroxyl groups is 2. The van der Waals surface area contributed by atoms with E-state index in [2.05, 4.69) is 5.10 Å². The predicted octanol–water partition coefficient (Wildman–Crippen LogP) is 2.32. The SMILES string of the molecule is Cn1cc(-c2cccc(C(=O)N3CC[C@](O)(CO)C3)c2)c(-c2ccccc2)n1. The lowest BCUT2D eigenvalue weighted by Gasteiger charge is -2.21. The van der Waals surface area contributed by atoms with Crippen molar-refractivity contribution in [3.05, 3.63) is 66.4 Å². The van der Waals surface area contributed by atoms with Crippen molar-refractivity contribution in [2.75, 3.05) is 19.7 Å². The number of rotatable bonds is 4. The Bertz CT molecular complexity index is 999. The molecular weight excluding hydrogens is 354 g/mol. The fraction of sp³-hybridized carbons (Fsp3) is 0.273. The minimum atomic E-state index is -1.20. The molecule has 0 unspecified atom stereocenters. The Morgan fingerprint density at radius 2 is 1.89 bits per heavy atom. The van der Waals surface area contributed by atoms with Crippen molar-refractivity contribution in [1.82, 2.24) is 14.7 Å². The van der Waals surface area contributed by atoms with Gasteiger partial charge in [0.1, 0.15) is 11.3 Å². The summed E-state index contributed by atoms with van der Waals surface area (Å²) in [5.41, 5.74) is 3.11. The largest absolute Gasteiger partial charge is 0.393 e. The summed E-state index contributed by atoms with van der Waals surface area (Å²) < 4.78 is 1.77. The fourth-order valence-electron chi connectivity index (χ4n) is 3.67.